The normalized spacial score (nSPS) is 11.2. The monoisotopic (exact) mass is 285 g/mol. The molecule has 0 aromatic heterocycles. The predicted molar refractivity (Wildman–Crippen MR) is 84.8 cm³/mol. The van der Waals surface area contributed by atoms with Crippen molar-refractivity contribution in [2.75, 3.05) is 5.32 Å². The smallest absolute Gasteiger partial charge is 0.412 e. The third-order valence-corrected chi connectivity index (χ3v) is 2.85. The molecule has 4 N–H and O–H groups in total. The van der Waals surface area contributed by atoms with Crippen molar-refractivity contribution in [3.8, 4) is 0 Å². The van der Waals surface area contributed by atoms with E-state index in [0.29, 0.717) is 11.3 Å². The van der Waals surface area contributed by atoms with Crippen LogP contribution in [0, 0.1) is 5.41 Å². The molecule has 0 saturated heterocycles. The van der Waals surface area contributed by atoms with E-state index < -0.39 is 11.7 Å². The summed E-state index contributed by atoms with van der Waals surface area (Å²) in [7, 11) is 0. The number of ether oxygens (including phenoxy) is 1. The number of nitrogens with two attached hydrogens (primary N) is 1. The Hall–Kier alpha value is -2.56. The number of hydrogen-bond donors (Lipinski definition) is 3. The molecular weight excluding hydrogens is 266 g/mol. The van der Waals surface area contributed by atoms with Gasteiger partial charge in [0.2, 0.25) is 0 Å². The number of fused-ring (bicyclic) bond motifs is 1. The van der Waals surface area contributed by atoms with Gasteiger partial charge in [0.1, 0.15) is 11.4 Å². The van der Waals surface area contributed by atoms with Crippen molar-refractivity contribution in [2.45, 2.75) is 26.4 Å². The summed E-state index contributed by atoms with van der Waals surface area (Å²) in [5.74, 6) is -0.00461. The summed E-state index contributed by atoms with van der Waals surface area (Å²) in [5, 5.41) is 12.0. The van der Waals surface area contributed by atoms with Crippen LogP contribution in [0.25, 0.3) is 10.8 Å². The van der Waals surface area contributed by atoms with Crippen LogP contribution in [0.4, 0.5) is 10.5 Å². The van der Waals surface area contributed by atoms with Gasteiger partial charge >= 0.3 is 6.09 Å². The van der Waals surface area contributed by atoms with Crippen molar-refractivity contribution in [1.82, 2.24) is 0 Å². The third-order valence-electron chi connectivity index (χ3n) is 2.85. The van der Waals surface area contributed by atoms with Gasteiger partial charge in [0.15, 0.2) is 0 Å². The first kappa shape index (κ1) is 14.8. The third kappa shape index (κ3) is 3.51. The molecule has 0 bridgehead atoms. The number of nitrogens with one attached hydrogen (secondary N) is 2. The maximum absolute atomic E-state index is 11.9. The molecular formula is C16H19N3O2. The number of benzene rings is 2. The summed E-state index contributed by atoms with van der Waals surface area (Å²) in [6.45, 7) is 5.43. The van der Waals surface area contributed by atoms with Crippen molar-refractivity contribution in [3.63, 3.8) is 0 Å². The van der Waals surface area contributed by atoms with Crippen LogP contribution < -0.4 is 11.1 Å². The second-order valence-corrected chi connectivity index (χ2v) is 5.75. The van der Waals surface area contributed by atoms with Gasteiger partial charge in [-0.2, -0.15) is 0 Å². The van der Waals surface area contributed by atoms with Gasteiger partial charge in [-0.1, -0.05) is 24.3 Å². The second-order valence-electron chi connectivity index (χ2n) is 5.75. The Morgan fingerprint density at radius 1 is 1.14 bits per heavy atom. The first-order valence-electron chi connectivity index (χ1n) is 6.64. The highest BCUT2D eigenvalue weighted by atomic mass is 16.6. The Labute approximate surface area is 123 Å². The van der Waals surface area contributed by atoms with Crippen LogP contribution in [0.5, 0.6) is 0 Å². The average Bonchev–Trinajstić information content (AvgIpc) is 2.36. The highest BCUT2D eigenvalue weighted by Crippen LogP contribution is 2.27. The molecule has 0 radical (unpaired) electrons. The summed E-state index contributed by atoms with van der Waals surface area (Å²) < 4.78 is 5.25. The standard InChI is InChI=1S/C16H19N3O2/c1-16(2,3)21-15(20)19-13-9-8-12(14(17)18)10-6-4-5-7-11(10)13/h4-9H,1-3H3,(H3,17,18)(H,19,20). The van der Waals surface area contributed by atoms with E-state index in [1.165, 1.54) is 0 Å². The van der Waals surface area contributed by atoms with Crippen LogP contribution in [0.1, 0.15) is 26.3 Å². The minimum Gasteiger partial charge on any atom is -0.444 e. The molecule has 2 rings (SSSR count). The molecule has 0 fully saturated rings. The van der Waals surface area contributed by atoms with Crippen molar-refractivity contribution in [2.24, 2.45) is 5.73 Å². The van der Waals surface area contributed by atoms with E-state index in [9.17, 15) is 4.79 Å². The fraction of sp³-hybridized carbons (Fsp3) is 0.250. The molecule has 0 unspecified atom stereocenters. The molecule has 110 valence electrons. The van der Waals surface area contributed by atoms with Crippen LogP contribution in [0.15, 0.2) is 36.4 Å². The van der Waals surface area contributed by atoms with Gasteiger partial charge in [-0.05, 0) is 38.3 Å². The van der Waals surface area contributed by atoms with E-state index in [-0.39, 0.29) is 5.84 Å². The quantitative estimate of drug-likeness (QED) is 0.583. The number of rotatable bonds is 2. The van der Waals surface area contributed by atoms with Gasteiger partial charge in [-0.25, -0.2) is 4.79 Å². The van der Waals surface area contributed by atoms with Crippen molar-refractivity contribution in [3.05, 3.63) is 42.0 Å². The molecule has 0 aliphatic heterocycles. The lowest BCUT2D eigenvalue weighted by atomic mass is 10.0. The van der Waals surface area contributed by atoms with Gasteiger partial charge in [-0.3, -0.25) is 10.7 Å². The SMILES string of the molecule is CC(C)(C)OC(=O)Nc1ccc(C(=N)N)c2ccccc12. The van der Waals surface area contributed by atoms with Crippen molar-refractivity contribution in [1.29, 1.82) is 5.41 Å². The van der Waals surface area contributed by atoms with Crippen LogP contribution in [-0.4, -0.2) is 17.5 Å². The Kier molecular flexibility index (Phi) is 3.84. The Bertz CT molecular complexity index is 702. The predicted octanol–water partition coefficient (Wildman–Crippen LogP) is 3.47. The minimum absolute atomic E-state index is 0.00461. The van der Waals surface area contributed by atoms with Gasteiger partial charge in [0.05, 0.1) is 5.69 Å². The number of carbonyl (C=O) groups excluding carboxylic acids is 1. The van der Waals surface area contributed by atoms with Crippen LogP contribution in [0.2, 0.25) is 0 Å². The molecule has 1 amide bonds. The topological polar surface area (TPSA) is 88.2 Å². The maximum atomic E-state index is 11.9. The fourth-order valence-electron chi connectivity index (χ4n) is 2.06. The minimum atomic E-state index is -0.556. The zero-order valence-electron chi connectivity index (χ0n) is 12.4. The lowest BCUT2D eigenvalue weighted by molar-refractivity contribution is 0.0636. The summed E-state index contributed by atoms with van der Waals surface area (Å²) in [5.41, 5.74) is 6.30. The van der Waals surface area contributed by atoms with E-state index in [4.69, 9.17) is 15.9 Å². The number of amides is 1. The Morgan fingerprint density at radius 3 is 2.33 bits per heavy atom. The highest BCUT2D eigenvalue weighted by molar-refractivity contribution is 6.12. The van der Waals surface area contributed by atoms with E-state index >= 15 is 0 Å². The molecule has 0 spiro atoms. The number of amidine groups is 1. The Morgan fingerprint density at radius 2 is 1.76 bits per heavy atom. The molecule has 0 aliphatic carbocycles. The zero-order chi connectivity index (χ0) is 15.6. The molecule has 0 aliphatic rings. The van der Waals surface area contributed by atoms with Crippen LogP contribution in [0.3, 0.4) is 0 Å². The molecule has 2 aromatic carbocycles. The molecule has 21 heavy (non-hydrogen) atoms. The number of hydrogen-bond acceptors (Lipinski definition) is 3. The number of nitrogen functional groups attached to an aromatic ring is 1. The van der Waals surface area contributed by atoms with Crippen molar-refractivity contribution < 1.29 is 9.53 Å². The van der Waals surface area contributed by atoms with Crippen molar-refractivity contribution >= 4 is 28.4 Å². The van der Waals surface area contributed by atoms with Crippen LogP contribution in [-0.2, 0) is 4.74 Å². The average molecular weight is 285 g/mol. The second kappa shape index (κ2) is 5.44. The molecule has 0 atom stereocenters. The molecule has 0 saturated carbocycles. The molecule has 2 aromatic rings. The van der Waals surface area contributed by atoms with Gasteiger partial charge in [0, 0.05) is 10.9 Å². The maximum Gasteiger partial charge on any atom is 0.412 e. The van der Waals surface area contributed by atoms with E-state index in [2.05, 4.69) is 5.32 Å². The van der Waals surface area contributed by atoms with Gasteiger partial charge in [-0.15, -0.1) is 0 Å². The lowest BCUT2D eigenvalue weighted by Gasteiger charge is -2.20. The number of anilines is 1. The molecule has 5 heteroatoms. The van der Waals surface area contributed by atoms with E-state index in [1.54, 1.807) is 12.1 Å². The zero-order valence-corrected chi connectivity index (χ0v) is 12.4. The molecule has 5 nitrogen and oxygen atoms in total. The summed E-state index contributed by atoms with van der Waals surface area (Å²) in [6, 6.07) is 10.9. The van der Waals surface area contributed by atoms with Gasteiger partial charge in [0.25, 0.3) is 0 Å². The highest BCUT2D eigenvalue weighted by Gasteiger charge is 2.17. The van der Waals surface area contributed by atoms with Crippen LogP contribution >= 0.6 is 0 Å². The first-order chi connectivity index (χ1) is 9.78. The molecule has 0 heterocycles. The van der Waals surface area contributed by atoms with E-state index in [0.717, 1.165) is 10.8 Å². The largest absolute Gasteiger partial charge is 0.444 e. The van der Waals surface area contributed by atoms with Gasteiger partial charge < -0.3 is 10.5 Å². The summed E-state index contributed by atoms with van der Waals surface area (Å²) in [6.07, 6.45) is -0.511. The fourth-order valence-corrected chi connectivity index (χ4v) is 2.06. The lowest BCUT2D eigenvalue weighted by Crippen LogP contribution is -2.27. The number of carbonyl (C=O) groups is 1. The summed E-state index contributed by atoms with van der Waals surface area (Å²) >= 11 is 0. The van der Waals surface area contributed by atoms with E-state index in [1.807, 2.05) is 45.0 Å². The summed E-state index contributed by atoms with van der Waals surface area (Å²) in [4.78, 5) is 11.9. The Balaban J connectivity index is 2.40. The first-order valence-corrected chi connectivity index (χ1v) is 6.64.